The molecule has 5 nitrogen and oxygen atoms in total. The Morgan fingerprint density at radius 1 is 1.30 bits per heavy atom. The summed E-state index contributed by atoms with van der Waals surface area (Å²) in [5.41, 5.74) is 3.84. The summed E-state index contributed by atoms with van der Waals surface area (Å²) in [5.74, 6) is -0.103. The number of rotatable bonds is 5. The van der Waals surface area contributed by atoms with Gasteiger partial charge in [-0.15, -0.1) is 0 Å². The highest BCUT2D eigenvalue weighted by atomic mass is 35.5. The van der Waals surface area contributed by atoms with Crippen molar-refractivity contribution >= 4 is 23.6 Å². The third-order valence-corrected chi connectivity index (χ3v) is 5.53. The number of hydrogen-bond acceptors (Lipinski definition) is 3. The monoisotopic (exact) mass is 387 g/mol. The summed E-state index contributed by atoms with van der Waals surface area (Å²) in [6.45, 7) is 4.53. The minimum atomic E-state index is -0.219. The maximum absolute atomic E-state index is 12.2. The molecule has 1 fully saturated rings. The van der Waals surface area contributed by atoms with Crippen molar-refractivity contribution in [3.63, 3.8) is 0 Å². The van der Waals surface area contributed by atoms with E-state index >= 15 is 0 Å². The van der Waals surface area contributed by atoms with Crippen molar-refractivity contribution in [2.75, 3.05) is 0 Å². The quantitative estimate of drug-likeness (QED) is 0.770. The van der Waals surface area contributed by atoms with Gasteiger partial charge in [0.25, 0.3) is 0 Å². The smallest absolute Gasteiger partial charge is 0.244 e. The van der Waals surface area contributed by atoms with Crippen molar-refractivity contribution in [2.24, 2.45) is 0 Å². The lowest BCUT2D eigenvalue weighted by Gasteiger charge is -2.25. The number of carbonyl (C=O) groups excluding carboxylic acids is 1. The van der Waals surface area contributed by atoms with E-state index in [0.717, 1.165) is 53.2 Å². The highest BCUT2D eigenvalue weighted by Crippen LogP contribution is 2.21. The summed E-state index contributed by atoms with van der Waals surface area (Å²) in [6.07, 6.45) is 6.34. The molecule has 2 aromatic rings. The third-order valence-electron chi connectivity index (χ3n) is 5.16. The third kappa shape index (κ3) is 4.99. The number of benzene rings is 1. The minimum Gasteiger partial charge on any atom is -0.393 e. The summed E-state index contributed by atoms with van der Waals surface area (Å²) in [7, 11) is 0. The molecule has 1 heterocycles. The van der Waals surface area contributed by atoms with E-state index in [1.165, 1.54) is 0 Å². The van der Waals surface area contributed by atoms with Gasteiger partial charge in [-0.05, 0) is 57.2 Å². The molecule has 27 heavy (non-hydrogen) atoms. The Hall–Kier alpha value is -2.11. The molecule has 0 saturated heterocycles. The van der Waals surface area contributed by atoms with Crippen LogP contribution in [-0.2, 0) is 11.3 Å². The van der Waals surface area contributed by atoms with Gasteiger partial charge in [-0.2, -0.15) is 5.10 Å². The van der Waals surface area contributed by atoms with E-state index in [1.807, 2.05) is 48.9 Å². The highest BCUT2D eigenvalue weighted by Gasteiger charge is 2.20. The molecule has 1 aliphatic rings. The number of nitrogens with one attached hydrogen (secondary N) is 1. The molecule has 144 valence electrons. The van der Waals surface area contributed by atoms with E-state index in [9.17, 15) is 9.90 Å². The maximum atomic E-state index is 12.2. The normalized spacial score (nSPS) is 20.1. The molecule has 3 rings (SSSR count). The first kappa shape index (κ1) is 19.6. The zero-order valence-electron chi connectivity index (χ0n) is 15.8. The largest absolute Gasteiger partial charge is 0.393 e. The Morgan fingerprint density at radius 2 is 2.00 bits per heavy atom. The van der Waals surface area contributed by atoms with E-state index in [4.69, 9.17) is 11.6 Å². The number of aliphatic hydroxyl groups excluding tert-OH is 1. The molecular weight excluding hydrogens is 362 g/mol. The van der Waals surface area contributed by atoms with Crippen LogP contribution in [0.25, 0.3) is 6.08 Å². The molecule has 2 N–H and O–H groups in total. The first-order valence-electron chi connectivity index (χ1n) is 9.38. The van der Waals surface area contributed by atoms with Gasteiger partial charge in [0.05, 0.1) is 18.3 Å². The summed E-state index contributed by atoms with van der Waals surface area (Å²) in [4.78, 5) is 12.2. The van der Waals surface area contributed by atoms with Gasteiger partial charge >= 0.3 is 0 Å². The first-order chi connectivity index (χ1) is 12.9. The van der Waals surface area contributed by atoms with Crippen LogP contribution in [0.1, 0.15) is 48.2 Å². The van der Waals surface area contributed by atoms with Crippen LogP contribution in [0.15, 0.2) is 30.3 Å². The van der Waals surface area contributed by atoms with E-state index in [1.54, 1.807) is 6.08 Å². The molecule has 0 unspecified atom stereocenters. The number of amides is 1. The van der Waals surface area contributed by atoms with Crippen molar-refractivity contribution < 1.29 is 9.90 Å². The molecule has 6 heteroatoms. The molecule has 0 spiro atoms. The molecule has 1 amide bonds. The SMILES string of the molecule is Cc1nn(Cc2ccccc2Cl)c(C)c1C=CC(=O)NC1CCC(O)CC1. The fourth-order valence-corrected chi connectivity index (χ4v) is 3.72. The van der Waals surface area contributed by atoms with Gasteiger partial charge in [0, 0.05) is 28.4 Å². The standard InChI is InChI=1S/C21H26ClN3O2/c1-14-19(11-12-21(27)23-17-7-9-18(26)10-8-17)15(2)25(24-14)13-16-5-3-4-6-20(16)22/h3-6,11-12,17-18,26H,7-10,13H2,1-2H3,(H,23,27). The van der Waals surface area contributed by atoms with Crippen molar-refractivity contribution in [2.45, 2.75) is 58.2 Å². The van der Waals surface area contributed by atoms with Gasteiger partial charge in [-0.3, -0.25) is 9.48 Å². The molecular formula is C21H26ClN3O2. The molecule has 0 radical (unpaired) electrons. The van der Waals surface area contributed by atoms with Crippen LogP contribution in [0.5, 0.6) is 0 Å². The van der Waals surface area contributed by atoms with Gasteiger partial charge in [-0.25, -0.2) is 0 Å². The van der Waals surface area contributed by atoms with Crippen molar-refractivity contribution in [1.29, 1.82) is 0 Å². The molecule has 1 aromatic carbocycles. The molecule has 0 atom stereocenters. The van der Waals surface area contributed by atoms with Gasteiger partial charge in [0.15, 0.2) is 0 Å². The molecule has 1 saturated carbocycles. The second-order valence-corrected chi connectivity index (χ2v) is 7.59. The van der Waals surface area contributed by atoms with Crippen LogP contribution >= 0.6 is 11.6 Å². The second kappa shape index (κ2) is 8.72. The Bertz CT molecular complexity index is 836. The zero-order chi connectivity index (χ0) is 19.4. The zero-order valence-corrected chi connectivity index (χ0v) is 16.5. The van der Waals surface area contributed by atoms with Crippen LogP contribution in [0.4, 0.5) is 0 Å². The van der Waals surface area contributed by atoms with Crippen molar-refractivity contribution in [3.05, 3.63) is 57.9 Å². The van der Waals surface area contributed by atoms with Crippen molar-refractivity contribution in [3.8, 4) is 0 Å². The van der Waals surface area contributed by atoms with E-state index in [-0.39, 0.29) is 18.1 Å². The lowest BCUT2D eigenvalue weighted by molar-refractivity contribution is -0.117. The van der Waals surface area contributed by atoms with Gasteiger partial charge in [0.2, 0.25) is 5.91 Å². The number of aromatic nitrogens is 2. The highest BCUT2D eigenvalue weighted by molar-refractivity contribution is 6.31. The molecule has 1 aliphatic carbocycles. The van der Waals surface area contributed by atoms with E-state index < -0.39 is 0 Å². The van der Waals surface area contributed by atoms with Crippen LogP contribution in [0.3, 0.4) is 0 Å². The summed E-state index contributed by atoms with van der Waals surface area (Å²) >= 11 is 6.25. The molecule has 0 aliphatic heterocycles. The Balaban J connectivity index is 1.66. The number of aliphatic hydroxyl groups is 1. The lowest BCUT2D eigenvalue weighted by Crippen LogP contribution is -2.37. The maximum Gasteiger partial charge on any atom is 0.244 e. The van der Waals surface area contributed by atoms with Crippen LogP contribution in [0, 0.1) is 13.8 Å². The number of carbonyl (C=O) groups is 1. The average molecular weight is 388 g/mol. The van der Waals surface area contributed by atoms with Crippen LogP contribution < -0.4 is 5.32 Å². The summed E-state index contributed by atoms with van der Waals surface area (Å²) in [5, 5.41) is 17.9. The summed E-state index contributed by atoms with van der Waals surface area (Å²) < 4.78 is 1.91. The van der Waals surface area contributed by atoms with Crippen LogP contribution in [0.2, 0.25) is 5.02 Å². The summed E-state index contributed by atoms with van der Waals surface area (Å²) in [6, 6.07) is 7.88. The molecule has 0 bridgehead atoms. The van der Waals surface area contributed by atoms with Gasteiger partial charge in [0.1, 0.15) is 0 Å². The minimum absolute atomic E-state index is 0.103. The second-order valence-electron chi connectivity index (χ2n) is 7.18. The predicted octanol–water partition coefficient (Wildman–Crippen LogP) is 3.63. The van der Waals surface area contributed by atoms with Crippen molar-refractivity contribution in [1.82, 2.24) is 15.1 Å². The number of nitrogens with zero attached hydrogens (tertiary/aromatic N) is 2. The fourth-order valence-electron chi connectivity index (χ4n) is 3.52. The van der Waals surface area contributed by atoms with Gasteiger partial charge in [-0.1, -0.05) is 29.8 Å². The average Bonchev–Trinajstić information content (AvgIpc) is 2.90. The fraction of sp³-hybridized carbons (Fsp3) is 0.429. The van der Waals surface area contributed by atoms with E-state index in [0.29, 0.717) is 6.54 Å². The van der Waals surface area contributed by atoms with E-state index in [2.05, 4.69) is 10.4 Å². The predicted molar refractivity (Wildman–Crippen MR) is 108 cm³/mol. The topological polar surface area (TPSA) is 67.2 Å². The van der Waals surface area contributed by atoms with Gasteiger partial charge < -0.3 is 10.4 Å². The first-order valence-corrected chi connectivity index (χ1v) is 9.76. The van der Waals surface area contributed by atoms with Crippen LogP contribution in [-0.4, -0.2) is 32.9 Å². The Morgan fingerprint density at radius 3 is 2.70 bits per heavy atom. The Kier molecular flexibility index (Phi) is 6.34. The lowest BCUT2D eigenvalue weighted by atomic mass is 9.93. The number of aryl methyl sites for hydroxylation is 1. The number of hydrogen-bond donors (Lipinski definition) is 2. The molecule has 1 aromatic heterocycles. The number of halogens is 1. The Labute approximate surface area is 165 Å².